The second-order valence-electron chi connectivity index (χ2n) is 15.0. The first-order valence-electron chi connectivity index (χ1n) is 20.8. The molecule has 0 spiro atoms. The van der Waals surface area contributed by atoms with Crippen LogP contribution in [0.1, 0.15) is 89.0 Å². The Labute approximate surface area is 332 Å². The number of urea groups is 1. The monoisotopic (exact) mass is 783 g/mol. The lowest BCUT2D eigenvalue weighted by Crippen LogP contribution is -2.71. The number of oxime groups is 1. The van der Waals surface area contributed by atoms with E-state index in [2.05, 4.69) is 30.6 Å². The van der Waals surface area contributed by atoms with Crippen LogP contribution in [-0.2, 0) is 19.0 Å². The lowest BCUT2D eigenvalue weighted by Gasteiger charge is -2.60. The molecule has 2 aliphatic carbocycles. The molecule has 5 rings (SSSR count). The third-order valence-electron chi connectivity index (χ3n) is 11.3. The number of carbonyl (C=O) groups excluding carboxylic acids is 1. The molecule has 1 saturated heterocycles. The summed E-state index contributed by atoms with van der Waals surface area (Å²) in [7, 11) is 0. The number of carbonyl (C=O) groups is 1. The van der Waals surface area contributed by atoms with Crippen LogP contribution in [0.3, 0.4) is 0 Å². The van der Waals surface area contributed by atoms with Crippen LogP contribution in [0.4, 0.5) is 4.79 Å². The molecule has 312 valence electrons. The van der Waals surface area contributed by atoms with E-state index in [4.69, 9.17) is 33.7 Å². The summed E-state index contributed by atoms with van der Waals surface area (Å²) in [6, 6.07) is 4.98. The highest BCUT2D eigenvalue weighted by molar-refractivity contribution is 6.03. The fourth-order valence-electron chi connectivity index (χ4n) is 8.95. The second-order valence-corrected chi connectivity index (χ2v) is 15.0. The van der Waals surface area contributed by atoms with Crippen molar-refractivity contribution >= 4 is 11.7 Å². The number of nitrogens with zero attached hydrogens (tertiary/aromatic N) is 2. The Bertz CT molecular complexity index is 1460. The van der Waals surface area contributed by atoms with Crippen molar-refractivity contribution in [2.75, 3.05) is 65.9 Å². The van der Waals surface area contributed by atoms with Gasteiger partial charge in [-0.1, -0.05) is 49.7 Å². The number of hydrogen-bond acceptors (Lipinski definition) is 11. The first-order chi connectivity index (χ1) is 27.5. The van der Waals surface area contributed by atoms with E-state index in [0.29, 0.717) is 56.9 Å². The van der Waals surface area contributed by atoms with E-state index in [1.807, 2.05) is 24.0 Å². The topological polar surface area (TPSA) is 161 Å². The van der Waals surface area contributed by atoms with Crippen LogP contribution in [0.5, 0.6) is 11.5 Å². The van der Waals surface area contributed by atoms with E-state index in [1.54, 1.807) is 12.2 Å². The minimum Gasteiger partial charge on any atom is -0.490 e. The van der Waals surface area contributed by atoms with Crippen LogP contribution in [0.25, 0.3) is 0 Å². The Hall–Kier alpha value is -3.46. The van der Waals surface area contributed by atoms with Crippen molar-refractivity contribution in [2.24, 2.45) is 22.9 Å². The minimum atomic E-state index is -1.35. The predicted octanol–water partition coefficient (Wildman–Crippen LogP) is 5.84. The summed E-state index contributed by atoms with van der Waals surface area (Å²) < 4.78 is 31.8. The van der Waals surface area contributed by atoms with Crippen molar-refractivity contribution < 1.29 is 48.6 Å². The molecule has 1 aromatic rings. The Balaban J connectivity index is 1.72. The number of amides is 2. The second kappa shape index (κ2) is 22.5. The number of rotatable bonds is 24. The molecule has 1 saturated carbocycles. The van der Waals surface area contributed by atoms with E-state index >= 15 is 0 Å². The first-order valence-corrected chi connectivity index (χ1v) is 20.8. The number of nitrogens with one attached hydrogen (secondary N) is 1. The Kier molecular flexibility index (Phi) is 17.5. The SMILES string of the molecule is C=CCOc1ccc2c(c1)C1C(CCCCO)C(CCCCO)C=C3C(=NOC4CCCCO4)CC(N(CCC)C(=O)NCCOCCO)C(OCC=C)(O2)C31. The van der Waals surface area contributed by atoms with Gasteiger partial charge in [-0.25, -0.2) is 4.79 Å². The minimum absolute atomic E-state index is 0.0951. The van der Waals surface area contributed by atoms with Crippen LogP contribution >= 0.6 is 0 Å². The molecule has 2 amide bonds. The Morgan fingerprint density at radius 3 is 2.57 bits per heavy atom. The van der Waals surface area contributed by atoms with E-state index in [9.17, 15) is 20.1 Å². The summed E-state index contributed by atoms with van der Waals surface area (Å²) >= 11 is 0. The number of aliphatic hydroxyl groups excluding tert-OH is 3. The van der Waals surface area contributed by atoms with E-state index < -0.39 is 24.0 Å². The maximum atomic E-state index is 14.3. The molecule has 1 aromatic carbocycles. The van der Waals surface area contributed by atoms with Crippen molar-refractivity contribution in [1.82, 2.24) is 10.2 Å². The van der Waals surface area contributed by atoms with Gasteiger partial charge in [-0.3, -0.25) is 0 Å². The fraction of sp³-hybridized carbons (Fsp3) is 0.674. The molecular weight excluding hydrogens is 718 g/mol. The zero-order valence-corrected chi connectivity index (χ0v) is 33.3. The van der Waals surface area contributed by atoms with Gasteiger partial charge in [-0.15, -0.1) is 6.58 Å². The molecular formula is C43H65N3O10. The third-order valence-corrected chi connectivity index (χ3v) is 11.3. The summed E-state index contributed by atoms with van der Waals surface area (Å²) in [5, 5.41) is 36.8. The average Bonchev–Trinajstić information content (AvgIpc) is 3.22. The molecule has 13 nitrogen and oxygen atoms in total. The van der Waals surface area contributed by atoms with Gasteiger partial charge in [0.15, 0.2) is 0 Å². The van der Waals surface area contributed by atoms with Gasteiger partial charge in [0.2, 0.25) is 12.1 Å². The molecule has 2 fully saturated rings. The molecule has 2 aliphatic heterocycles. The van der Waals surface area contributed by atoms with Crippen LogP contribution in [-0.4, -0.2) is 116 Å². The lowest BCUT2D eigenvalue weighted by atomic mass is 9.55. The zero-order valence-electron chi connectivity index (χ0n) is 33.3. The van der Waals surface area contributed by atoms with Crippen LogP contribution in [0.15, 0.2) is 60.3 Å². The zero-order chi connectivity index (χ0) is 39.8. The van der Waals surface area contributed by atoms with Gasteiger partial charge < -0.3 is 54.1 Å². The molecule has 0 aromatic heterocycles. The highest BCUT2D eigenvalue weighted by Crippen LogP contribution is 2.62. The van der Waals surface area contributed by atoms with Gasteiger partial charge in [0.05, 0.1) is 44.7 Å². The summed E-state index contributed by atoms with van der Waals surface area (Å²) in [6.45, 7) is 12.3. The van der Waals surface area contributed by atoms with Gasteiger partial charge in [-0.05, 0) is 80.6 Å². The molecule has 56 heavy (non-hydrogen) atoms. The normalized spacial score (nSPS) is 27.3. The van der Waals surface area contributed by atoms with Crippen LogP contribution < -0.4 is 14.8 Å². The summed E-state index contributed by atoms with van der Waals surface area (Å²) in [4.78, 5) is 22.4. The summed E-state index contributed by atoms with van der Waals surface area (Å²) in [6.07, 6.45) is 13.7. The number of benzene rings is 1. The predicted molar refractivity (Wildman–Crippen MR) is 214 cm³/mol. The van der Waals surface area contributed by atoms with Crippen LogP contribution in [0, 0.1) is 17.8 Å². The van der Waals surface area contributed by atoms with Crippen molar-refractivity contribution in [3.8, 4) is 11.5 Å². The molecule has 0 bridgehead atoms. The fourth-order valence-corrected chi connectivity index (χ4v) is 8.95. The number of fused-ring (bicyclic) bond motifs is 2. The lowest BCUT2D eigenvalue weighted by molar-refractivity contribution is -0.254. The van der Waals surface area contributed by atoms with Gasteiger partial charge in [-0.2, -0.15) is 0 Å². The van der Waals surface area contributed by atoms with Gasteiger partial charge in [0.1, 0.15) is 24.1 Å². The van der Waals surface area contributed by atoms with E-state index in [-0.39, 0.29) is 70.0 Å². The van der Waals surface area contributed by atoms with Gasteiger partial charge >= 0.3 is 6.03 Å². The molecule has 4 aliphatic rings. The Morgan fingerprint density at radius 1 is 1.05 bits per heavy atom. The maximum absolute atomic E-state index is 14.3. The van der Waals surface area contributed by atoms with Crippen molar-refractivity contribution in [2.45, 2.75) is 102 Å². The number of ether oxygens (including phenoxy) is 5. The molecule has 2 heterocycles. The van der Waals surface area contributed by atoms with E-state index in [1.165, 1.54) is 0 Å². The van der Waals surface area contributed by atoms with Gasteiger partial charge in [0, 0.05) is 50.6 Å². The van der Waals surface area contributed by atoms with Crippen molar-refractivity contribution in [3.05, 3.63) is 60.7 Å². The number of hydrogen-bond donors (Lipinski definition) is 4. The largest absolute Gasteiger partial charge is 0.490 e. The number of allylic oxidation sites excluding steroid dienone is 1. The highest BCUT2D eigenvalue weighted by Gasteiger charge is 2.65. The Morgan fingerprint density at radius 2 is 1.86 bits per heavy atom. The molecule has 7 unspecified atom stereocenters. The standard InChI is InChI=1S/C43H65N3O10/c1-4-19-46(42(50)44-18-26-51-27-22-49)38-30-36(45-56-39-15-9-12-25-53-39)34-28-31(13-7-10-20-47)33(14-8-11-21-48)40-35-29-32(52-23-5-2)16-17-37(35)55-43(38,41(34)40)54-24-6-3/h5-6,16-17,28-29,31,33,38-41,47-49H,2-4,7-15,18-27,30H2,1H3,(H,44,50). The van der Waals surface area contributed by atoms with Crippen LogP contribution in [0.2, 0.25) is 0 Å². The molecule has 7 atom stereocenters. The first kappa shape index (κ1) is 43.7. The maximum Gasteiger partial charge on any atom is 0.317 e. The highest BCUT2D eigenvalue weighted by atomic mass is 16.8. The summed E-state index contributed by atoms with van der Waals surface area (Å²) in [5.41, 5.74) is 2.69. The summed E-state index contributed by atoms with van der Waals surface area (Å²) in [5.74, 6) is -0.375. The molecule has 4 N–H and O–H groups in total. The number of unbranched alkanes of at least 4 members (excludes halogenated alkanes) is 2. The van der Waals surface area contributed by atoms with Gasteiger partial charge in [0.25, 0.3) is 0 Å². The third kappa shape index (κ3) is 10.5. The quantitative estimate of drug-likeness (QED) is 0.0570. The van der Waals surface area contributed by atoms with E-state index in [0.717, 1.165) is 61.8 Å². The van der Waals surface area contributed by atoms with Crippen molar-refractivity contribution in [3.63, 3.8) is 0 Å². The van der Waals surface area contributed by atoms with Crippen molar-refractivity contribution in [1.29, 1.82) is 0 Å². The molecule has 13 heteroatoms. The number of aliphatic hydroxyl groups is 3. The molecule has 0 radical (unpaired) electrons. The average molecular weight is 784 g/mol. The smallest absolute Gasteiger partial charge is 0.317 e.